The van der Waals surface area contributed by atoms with Crippen LogP contribution in [0.25, 0.3) is 0 Å². The van der Waals surface area contributed by atoms with E-state index in [-0.39, 0.29) is 17.4 Å². The van der Waals surface area contributed by atoms with Crippen molar-refractivity contribution in [3.05, 3.63) is 58.6 Å². The predicted octanol–water partition coefficient (Wildman–Crippen LogP) is 3.08. The summed E-state index contributed by atoms with van der Waals surface area (Å²) in [6.07, 6.45) is 0. The molecule has 2 aromatic rings. The number of nitrogens with zero attached hydrogens (tertiary/aromatic N) is 3. The molecule has 0 bridgehead atoms. The van der Waals surface area contributed by atoms with Crippen LogP contribution < -0.4 is 9.91 Å². The van der Waals surface area contributed by atoms with Crippen LogP contribution in [0, 0.1) is 12.8 Å². The van der Waals surface area contributed by atoms with Crippen LogP contribution in [0.3, 0.4) is 0 Å². The SMILES string of the molecule is CC(=O)C1=NN(c2ccc(Br)cc2)C2C(=O)N(c3ccc(C)cc3)C(=O)C12. The maximum absolute atomic E-state index is 13.2. The van der Waals surface area contributed by atoms with Gasteiger partial charge >= 0.3 is 0 Å². The highest BCUT2D eigenvalue weighted by atomic mass is 79.9. The standard InChI is InChI=1S/C20H16BrN3O3/c1-11-3-7-14(8-4-11)23-19(26)16-17(12(2)25)22-24(18(16)20(23)27)15-9-5-13(21)6-10-15/h3-10,16,18H,1-2H3. The number of Topliss-reactive ketones (excluding diaryl/α,β-unsaturated/α-hetero) is 1. The monoisotopic (exact) mass is 425 g/mol. The number of benzene rings is 2. The Morgan fingerprint density at radius 1 is 0.963 bits per heavy atom. The minimum absolute atomic E-state index is 0.121. The number of ketones is 1. The molecule has 2 aromatic carbocycles. The number of hydrogen-bond acceptors (Lipinski definition) is 5. The van der Waals surface area contributed by atoms with Crippen LogP contribution in [-0.2, 0) is 14.4 Å². The van der Waals surface area contributed by atoms with E-state index < -0.39 is 17.9 Å². The summed E-state index contributed by atoms with van der Waals surface area (Å²) in [7, 11) is 0. The van der Waals surface area contributed by atoms with Crippen molar-refractivity contribution in [3.63, 3.8) is 0 Å². The van der Waals surface area contributed by atoms with Crippen molar-refractivity contribution >= 4 is 50.6 Å². The lowest BCUT2D eigenvalue weighted by molar-refractivity contribution is -0.122. The van der Waals surface area contributed by atoms with Crippen molar-refractivity contribution in [2.45, 2.75) is 19.9 Å². The van der Waals surface area contributed by atoms with Gasteiger partial charge in [0, 0.05) is 11.4 Å². The van der Waals surface area contributed by atoms with Crippen LogP contribution in [0.2, 0.25) is 0 Å². The van der Waals surface area contributed by atoms with Gasteiger partial charge in [0.15, 0.2) is 5.78 Å². The van der Waals surface area contributed by atoms with E-state index in [1.807, 2.05) is 31.2 Å². The number of carbonyl (C=O) groups is 3. The van der Waals surface area contributed by atoms with Gasteiger partial charge in [0.25, 0.3) is 5.91 Å². The van der Waals surface area contributed by atoms with Crippen molar-refractivity contribution < 1.29 is 14.4 Å². The molecular formula is C20H16BrN3O3. The minimum Gasteiger partial charge on any atom is -0.293 e. The summed E-state index contributed by atoms with van der Waals surface area (Å²) < 4.78 is 0.882. The highest BCUT2D eigenvalue weighted by Crippen LogP contribution is 2.38. The molecule has 0 saturated carbocycles. The molecule has 2 atom stereocenters. The Labute approximate surface area is 164 Å². The molecule has 0 aromatic heterocycles. The quantitative estimate of drug-likeness (QED) is 0.708. The van der Waals surface area contributed by atoms with Crippen LogP contribution in [0.15, 0.2) is 58.1 Å². The van der Waals surface area contributed by atoms with Crippen LogP contribution >= 0.6 is 15.9 Å². The molecule has 1 fully saturated rings. The zero-order chi connectivity index (χ0) is 19.3. The van der Waals surface area contributed by atoms with Gasteiger partial charge in [-0.1, -0.05) is 33.6 Å². The molecule has 7 heteroatoms. The fourth-order valence-electron chi connectivity index (χ4n) is 3.46. The summed E-state index contributed by atoms with van der Waals surface area (Å²) in [4.78, 5) is 39.5. The summed E-state index contributed by atoms with van der Waals surface area (Å²) in [6, 6.07) is 13.5. The normalized spacial score (nSPS) is 21.5. The molecule has 1 saturated heterocycles. The molecule has 136 valence electrons. The van der Waals surface area contributed by atoms with Gasteiger partial charge in [-0.3, -0.25) is 19.4 Å². The summed E-state index contributed by atoms with van der Waals surface area (Å²) in [5, 5.41) is 5.82. The zero-order valence-corrected chi connectivity index (χ0v) is 16.3. The summed E-state index contributed by atoms with van der Waals surface area (Å²) in [5.74, 6) is -1.99. The van der Waals surface area contributed by atoms with E-state index in [4.69, 9.17) is 0 Å². The van der Waals surface area contributed by atoms with Crippen molar-refractivity contribution in [2.24, 2.45) is 11.0 Å². The largest absolute Gasteiger partial charge is 0.293 e. The number of amides is 2. The molecule has 0 radical (unpaired) electrons. The third-order valence-corrected chi connectivity index (χ3v) is 5.32. The molecule has 6 nitrogen and oxygen atoms in total. The highest BCUT2D eigenvalue weighted by molar-refractivity contribution is 9.10. The van der Waals surface area contributed by atoms with Gasteiger partial charge in [-0.2, -0.15) is 5.10 Å². The smallest absolute Gasteiger partial charge is 0.259 e. The second-order valence-corrected chi connectivity index (χ2v) is 7.55. The van der Waals surface area contributed by atoms with E-state index in [0.717, 1.165) is 14.9 Å². The number of anilines is 2. The lowest BCUT2D eigenvalue weighted by Crippen LogP contribution is -2.39. The molecule has 4 rings (SSSR count). The fourth-order valence-corrected chi connectivity index (χ4v) is 3.72. The number of rotatable bonds is 3. The van der Waals surface area contributed by atoms with Crippen molar-refractivity contribution in [3.8, 4) is 0 Å². The van der Waals surface area contributed by atoms with Crippen molar-refractivity contribution in [1.82, 2.24) is 0 Å². The van der Waals surface area contributed by atoms with Gasteiger partial charge in [0.1, 0.15) is 17.7 Å². The van der Waals surface area contributed by atoms with Gasteiger partial charge in [-0.15, -0.1) is 0 Å². The van der Waals surface area contributed by atoms with Crippen LogP contribution in [0.5, 0.6) is 0 Å². The van der Waals surface area contributed by atoms with Crippen LogP contribution in [0.1, 0.15) is 12.5 Å². The van der Waals surface area contributed by atoms with Gasteiger partial charge in [-0.25, -0.2) is 4.90 Å². The second-order valence-electron chi connectivity index (χ2n) is 6.63. The minimum atomic E-state index is -0.889. The predicted molar refractivity (Wildman–Crippen MR) is 106 cm³/mol. The molecule has 2 heterocycles. The number of fused-ring (bicyclic) bond motifs is 1. The van der Waals surface area contributed by atoms with E-state index in [2.05, 4.69) is 21.0 Å². The number of halogens is 1. The average Bonchev–Trinajstić information content (AvgIpc) is 3.15. The second kappa shape index (κ2) is 6.42. The third-order valence-electron chi connectivity index (χ3n) is 4.79. The van der Waals surface area contributed by atoms with E-state index in [9.17, 15) is 14.4 Å². The molecule has 2 aliphatic rings. The molecule has 0 aliphatic carbocycles. The van der Waals surface area contributed by atoms with Crippen molar-refractivity contribution in [2.75, 3.05) is 9.91 Å². The van der Waals surface area contributed by atoms with E-state index in [1.165, 1.54) is 11.9 Å². The molecule has 0 spiro atoms. The van der Waals surface area contributed by atoms with Gasteiger partial charge < -0.3 is 0 Å². The summed E-state index contributed by atoms with van der Waals surface area (Å²) in [6.45, 7) is 3.30. The number of hydrazone groups is 1. The Morgan fingerprint density at radius 3 is 2.15 bits per heavy atom. The first kappa shape index (κ1) is 17.6. The molecule has 0 N–H and O–H groups in total. The maximum Gasteiger partial charge on any atom is 0.259 e. The lowest BCUT2D eigenvalue weighted by Gasteiger charge is -2.22. The topological polar surface area (TPSA) is 70.1 Å². The van der Waals surface area contributed by atoms with Gasteiger partial charge in [-0.05, 0) is 43.3 Å². The zero-order valence-electron chi connectivity index (χ0n) is 14.7. The van der Waals surface area contributed by atoms with Gasteiger partial charge in [0.2, 0.25) is 5.91 Å². The first-order chi connectivity index (χ1) is 12.9. The van der Waals surface area contributed by atoms with Crippen molar-refractivity contribution in [1.29, 1.82) is 0 Å². The van der Waals surface area contributed by atoms with E-state index >= 15 is 0 Å². The van der Waals surface area contributed by atoms with Gasteiger partial charge in [0.05, 0.1) is 11.4 Å². The molecule has 2 unspecified atom stereocenters. The third kappa shape index (κ3) is 2.78. The molecule has 2 amide bonds. The first-order valence-electron chi connectivity index (χ1n) is 8.47. The Kier molecular flexibility index (Phi) is 4.19. The highest BCUT2D eigenvalue weighted by Gasteiger charge is 2.58. The average molecular weight is 426 g/mol. The first-order valence-corrected chi connectivity index (χ1v) is 9.26. The van der Waals surface area contributed by atoms with E-state index in [0.29, 0.717) is 11.4 Å². The number of carbonyl (C=O) groups excluding carboxylic acids is 3. The number of aryl methyl sites for hydroxylation is 1. The van der Waals surface area contributed by atoms with E-state index in [1.54, 1.807) is 24.3 Å². The Balaban J connectivity index is 1.79. The molecular weight excluding hydrogens is 410 g/mol. The number of hydrogen-bond donors (Lipinski definition) is 0. The fraction of sp³-hybridized carbons (Fsp3) is 0.200. The number of imide groups is 1. The summed E-state index contributed by atoms with van der Waals surface area (Å²) >= 11 is 3.38. The van der Waals surface area contributed by atoms with Crippen LogP contribution in [0.4, 0.5) is 11.4 Å². The summed E-state index contributed by atoms with van der Waals surface area (Å²) in [5.41, 5.74) is 2.30. The Hall–Kier alpha value is -2.80. The molecule has 2 aliphatic heterocycles. The maximum atomic E-state index is 13.2. The Morgan fingerprint density at radius 2 is 1.56 bits per heavy atom. The molecule has 27 heavy (non-hydrogen) atoms. The van der Waals surface area contributed by atoms with Crippen LogP contribution in [-0.4, -0.2) is 29.4 Å². The Bertz CT molecular complexity index is 983. The lowest BCUT2D eigenvalue weighted by atomic mass is 9.95.